The van der Waals surface area contributed by atoms with Crippen molar-refractivity contribution in [3.05, 3.63) is 23.8 Å². The molecule has 0 unspecified atom stereocenters. The van der Waals surface area contributed by atoms with E-state index in [1.54, 1.807) is 0 Å². The average molecular weight is 220 g/mol. The van der Waals surface area contributed by atoms with Crippen LogP contribution in [0.25, 0.3) is 0 Å². The summed E-state index contributed by atoms with van der Waals surface area (Å²) >= 11 is 0. The Morgan fingerprint density at radius 2 is 2.12 bits per heavy atom. The summed E-state index contributed by atoms with van der Waals surface area (Å²) in [4.78, 5) is 2.24. The van der Waals surface area contributed by atoms with Crippen LogP contribution in [-0.2, 0) is 0 Å². The molecule has 0 atom stereocenters. The van der Waals surface area contributed by atoms with Crippen LogP contribution in [0.3, 0.4) is 0 Å². The number of benzene rings is 1. The molecule has 0 bridgehead atoms. The quantitative estimate of drug-likeness (QED) is 0.763. The molecule has 0 aromatic heterocycles. The zero-order chi connectivity index (χ0) is 11.7. The zero-order valence-electron chi connectivity index (χ0n) is 9.98. The first kappa shape index (κ1) is 11.3. The van der Waals surface area contributed by atoms with E-state index in [0.717, 1.165) is 30.6 Å². The lowest BCUT2D eigenvalue weighted by Crippen LogP contribution is -2.37. The van der Waals surface area contributed by atoms with Gasteiger partial charge in [-0.3, -0.25) is 0 Å². The van der Waals surface area contributed by atoms with Crippen LogP contribution in [0.1, 0.15) is 18.4 Å². The summed E-state index contributed by atoms with van der Waals surface area (Å²) in [6.45, 7) is 3.04. The van der Waals surface area contributed by atoms with Gasteiger partial charge in [-0.15, -0.1) is 0 Å². The smallest absolute Gasteiger partial charge is 0.0546 e. The number of hydrogen-bond acceptors (Lipinski definition) is 3. The van der Waals surface area contributed by atoms with Gasteiger partial charge < -0.3 is 15.7 Å². The van der Waals surface area contributed by atoms with Crippen molar-refractivity contribution >= 4 is 11.4 Å². The third kappa shape index (κ3) is 2.30. The van der Waals surface area contributed by atoms with E-state index in [4.69, 9.17) is 5.73 Å². The van der Waals surface area contributed by atoms with Crippen molar-refractivity contribution in [3.8, 4) is 0 Å². The molecule has 2 rings (SSSR count). The molecule has 1 aliphatic carbocycles. The maximum atomic E-state index is 9.25. The first-order valence-corrected chi connectivity index (χ1v) is 5.81. The topological polar surface area (TPSA) is 49.5 Å². The third-order valence-corrected chi connectivity index (χ3v) is 3.44. The number of aryl methyl sites for hydroxylation is 1. The van der Waals surface area contributed by atoms with Gasteiger partial charge in [0.05, 0.1) is 6.10 Å². The standard InChI is InChI=1S/C13H20N2O/c1-9-5-11(3-4-13(9)14)15(2)8-10-6-12(16)7-10/h3-5,10,12,16H,6-8,14H2,1-2H3. The monoisotopic (exact) mass is 220 g/mol. The van der Waals surface area contributed by atoms with Gasteiger partial charge in [-0.1, -0.05) is 0 Å². The van der Waals surface area contributed by atoms with E-state index >= 15 is 0 Å². The summed E-state index contributed by atoms with van der Waals surface area (Å²) < 4.78 is 0. The number of hydrogen-bond donors (Lipinski definition) is 2. The van der Waals surface area contributed by atoms with E-state index < -0.39 is 0 Å². The number of nitrogens with zero attached hydrogens (tertiary/aromatic N) is 1. The molecule has 1 aliphatic rings. The van der Waals surface area contributed by atoms with Gasteiger partial charge in [-0.25, -0.2) is 0 Å². The maximum absolute atomic E-state index is 9.25. The van der Waals surface area contributed by atoms with Crippen molar-refractivity contribution in [2.45, 2.75) is 25.9 Å². The van der Waals surface area contributed by atoms with Crippen molar-refractivity contribution in [3.63, 3.8) is 0 Å². The van der Waals surface area contributed by atoms with Crippen LogP contribution < -0.4 is 10.6 Å². The van der Waals surface area contributed by atoms with E-state index in [9.17, 15) is 5.11 Å². The Morgan fingerprint density at radius 3 is 2.69 bits per heavy atom. The van der Waals surface area contributed by atoms with Crippen molar-refractivity contribution in [2.24, 2.45) is 5.92 Å². The molecule has 0 spiro atoms. The molecular formula is C13H20N2O. The number of anilines is 2. The van der Waals surface area contributed by atoms with E-state index in [2.05, 4.69) is 24.1 Å². The summed E-state index contributed by atoms with van der Waals surface area (Å²) in [6.07, 6.45) is 1.82. The molecule has 3 heteroatoms. The van der Waals surface area contributed by atoms with Gasteiger partial charge in [0.25, 0.3) is 0 Å². The van der Waals surface area contributed by atoms with Gasteiger partial charge in [0, 0.05) is 25.0 Å². The normalized spacial score (nSPS) is 23.9. The van der Waals surface area contributed by atoms with E-state index in [-0.39, 0.29) is 6.10 Å². The zero-order valence-corrected chi connectivity index (χ0v) is 9.98. The molecule has 0 aliphatic heterocycles. The van der Waals surface area contributed by atoms with Crippen LogP contribution in [0.15, 0.2) is 18.2 Å². The highest BCUT2D eigenvalue weighted by molar-refractivity contribution is 5.57. The number of aliphatic hydroxyl groups excluding tert-OH is 1. The Kier molecular flexibility index (Phi) is 3.06. The van der Waals surface area contributed by atoms with Crippen molar-refractivity contribution in [1.29, 1.82) is 0 Å². The number of nitrogen functional groups attached to an aromatic ring is 1. The van der Waals surface area contributed by atoms with Gasteiger partial charge in [-0.2, -0.15) is 0 Å². The largest absolute Gasteiger partial charge is 0.399 e. The molecule has 16 heavy (non-hydrogen) atoms. The molecule has 1 aromatic carbocycles. The van der Waals surface area contributed by atoms with Crippen LogP contribution in [0.4, 0.5) is 11.4 Å². The fourth-order valence-corrected chi connectivity index (χ4v) is 2.24. The lowest BCUT2D eigenvalue weighted by Gasteiger charge is -2.35. The Bertz CT molecular complexity index is 372. The van der Waals surface area contributed by atoms with Crippen molar-refractivity contribution in [1.82, 2.24) is 0 Å². The van der Waals surface area contributed by atoms with Crippen molar-refractivity contribution < 1.29 is 5.11 Å². The highest BCUT2D eigenvalue weighted by atomic mass is 16.3. The predicted octanol–water partition coefficient (Wildman–Crippen LogP) is 1.78. The SMILES string of the molecule is Cc1cc(N(C)CC2CC(O)C2)ccc1N. The number of nitrogens with two attached hydrogens (primary N) is 1. The van der Waals surface area contributed by atoms with Crippen molar-refractivity contribution in [2.75, 3.05) is 24.2 Å². The predicted molar refractivity (Wildman–Crippen MR) is 67.6 cm³/mol. The van der Waals surface area contributed by atoms with Gasteiger partial charge in [0.1, 0.15) is 0 Å². The van der Waals surface area contributed by atoms with Gasteiger partial charge in [-0.05, 0) is 49.4 Å². The van der Waals surface area contributed by atoms with E-state index in [0.29, 0.717) is 5.92 Å². The summed E-state index contributed by atoms with van der Waals surface area (Å²) in [7, 11) is 2.09. The Labute approximate surface area is 96.9 Å². The molecule has 0 saturated heterocycles. The number of rotatable bonds is 3. The average Bonchev–Trinajstić information content (AvgIpc) is 2.19. The van der Waals surface area contributed by atoms with E-state index in [1.165, 1.54) is 5.69 Å². The summed E-state index contributed by atoms with van der Waals surface area (Å²) in [5.41, 5.74) is 8.96. The Morgan fingerprint density at radius 1 is 1.44 bits per heavy atom. The fraction of sp³-hybridized carbons (Fsp3) is 0.538. The third-order valence-electron chi connectivity index (χ3n) is 3.44. The molecule has 1 saturated carbocycles. The summed E-state index contributed by atoms with van der Waals surface area (Å²) in [5, 5.41) is 9.25. The molecule has 1 aromatic rings. The van der Waals surface area contributed by atoms with Crippen LogP contribution in [0, 0.1) is 12.8 Å². The van der Waals surface area contributed by atoms with E-state index in [1.807, 2.05) is 13.0 Å². The molecule has 88 valence electrons. The molecular weight excluding hydrogens is 200 g/mol. The minimum atomic E-state index is -0.0634. The lowest BCUT2D eigenvalue weighted by atomic mass is 9.82. The molecule has 0 radical (unpaired) electrons. The molecule has 0 heterocycles. The summed E-state index contributed by atoms with van der Waals surface area (Å²) in [5.74, 6) is 0.637. The van der Waals surface area contributed by atoms with Crippen LogP contribution in [-0.4, -0.2) is 24.8 Å². The van der Waals surface area contributed by atoms with Crippen LogP contribution in [0.5, 0.6) is 0 Å². The second kappa shape index (κ2) is 4.34. The van der Waals surface area contributed by atoms with Gasteiger partial charge in [0.2, 0.25) is 0 Å². The lowest BCUT2D eigenvalue weighted by molar-refractivity contribution is 0.0465. The van der Waals surface area contributed by atoms with Crippen LogP contribution in [0.2, 0.25) is 0 Å². The molecule has 3 N–H and O–H groups in total. The Hall–Kier alpha value is -1.22. The van der Waals surface area contributed by atoms with Gasteiger partial charge >= 0.3 is 0 Å². The second-order valence-electron chi connectivity index (χ2n) is 4.91. The molecule has 3 nitrogen and oxygen atoms in total. The maximum Gasteiger partial charge on any atom is 0.0546 e. The fourth-order valence-electron chi connectivity index (χ4n) is 2.24. The minimum Gasteiger partial charge on any atom is -0.399 e. The molecule has 1 fully saturated rings. The number of aliphatic hydroxyl groups is 1. The van der Waals surface area contributed by atoms with Crippen LogP contribution >= 0.6 is 0 Å². The van der Waals surface area contributed by atoms with Gasteiger partial charge in [0.15, 0.2) is 0 Å². The first-order valence-electron chi connectivity index (χ1n) is 5.81. The second-order valence-corrected chi connectivity index (χ2v) is 4.91. The highest BCUT2D eigenvalue weighted by Gasteiger charge is 2.27. The highest BCUT2D eigenvalue weighted by Crippen LogP contribution is 2.29. The first-order chi connectivity index (χ1) is 7.56. The summed E-state index contributed by atoms with van der Waals surface area (Å²) in [6, 6.07) is 6.12. The Balaban J connectivity index is 1.97. The minimum absolute atomic E-state index is 0.0634. The molecule has 0 amide bonds.